The molecule has 1 aromatic rings. The lowest BCUT2D eigenvalue weighted by molar-refractivity contribution is 0.551. The minimum Gasteiger partial charge on any atom is -0.208 e. The quantitative estimate of drug-likeness (QED) is 0.849. The zero-order valence-electron chi connectivity index (χ0n) is 9.80. The molecule has 1 aliphatic rings. The maximum Gasteiger partial charge on any atom is 0.261 e. The zero-order chi connectivity index (χ0) is 14.4. The molecule has 0 aliphatic heterocycles. The Morgan fingerprint density at radius 1 is 1.32 bits per heavy atom. The van der Waals surface area contributed by atoms with E-state index in [0.29, 0.717) is 12.5 Å². The second kappa shape index (κ2) is 4.69. The van der Waals surface area contributed by atoms with E-state index in [1.165, 1.54) is 0 Å². The molecule has 19 heavy (non-hydrogen) atoms. The molecular weight excluding hydrogens is 317 g/mol. The van der Waals surface area contributed by atoms with E-state index in [1.54, 1.807) is 0 Å². The molecule has 106 valence electrons. The van der Waals surface area contributed by atoms with E-state index in [2.05, 4.69) is 4.72 Å². The molecule has 0 spiro atoms. The third-order valence-corrected chi connectivity index (χ3v) is 5.77. The molecule has 2 atom stereocenters. The molecule has 0 saturated heterocycles. The normalized spacial score (nSPS) is 23.3. The van der Waals surface area contributed by atoms with Crippen LogP contribution in [0.4, 0.5) is 4.39 Å². The monoisotopic (exact) mass is 327 g/mol. The van der Waals surface area contributed by atoms with Gasteiger partial charge >= 0.3 is 0 Å². The molecule has 1 fully saturated rings. The van der Waals surface area contributed by atoms with E-state index in [1.807, 2.05) is 6.92 Å². The van der Waals surface area contributed by atoms with E-state index in [0.717, 1.165) is 12.1 Å². The van der Waals surface area contributed by atoms with E-state index in [9.17, 15) is 21.2 Å². The highest BCUT2D eigenvalue weighted by Crippen LogP contribution is 2.31. The number of sulfonamides is 1. The molecule has 2 rings (SSSR count). The summed E-state index contributed by atoms with van der Waals surface area (Å²) in [4.78, 5) is -1.07. The highest BCUT2D eigenvalue weighted by atomic mass is 35.7. The molecule has 1 aliphatic carbocycles. The lowest BCUT2D eigenvalue weighted by Crippen LogP contribution is -2.27. The van der Waals surface area contributed by atoms with Gasteiger partial charge in [-0.05, 0) is 30.5 Å². The number of nitrogens with one attached hydrogen (secondary N) is 1. The van der Waals surface area contributed by atoms with Crippen LogP contribution in [0.3, 0.4) is 0 Å². The maximum absolute atomic E-state index is 13.7. The first kappa shape index (κ1) is 14.7. The van der Waals surface area contributed by atoms with Gasteiger partial charge in [0.1, 0.15) is 10.7 Å². The number of hydrogen-bond donors (Lipinski definition) is 1. The molecule has 0 bridgehead atoms. The molecule has 5 nitrogen and oxygen atoms in total. The summed E-state index contributed by atoms with van der Waals surface area (Å²) >= 11 is 0. The molecule has 2 unspecified atom stereocenters. The second-order valence-corrected chi connectivity index (χ2v) is 8.72. The SMILES string of the molecule is CC1CC1NS(=O)(=O)c1ccc(S(=O)(=O)Cl)cc1F. The molecule has 0 amide bonds. The highest BCUT2D eigenvalue weighted by molar-refractivity contribution is 8.13. The van der Waals surface area contributed by atoms with E-state index in [-0.39, 0.29) is 12.0 Å². The summed E-state index contributed by atoms with van der Waals surface area (Å²) in [5.74, 6) is -0.928. The summed E-state index contributed by atoms with van der Waals surface area (Å²) in [5.41, 5.74) is 0. The van der Waals surface area contributed by atoms with Gasteiger partial charge in [-0.1, -0.05) is 6.92 Å². The Morgan fingerprint density at radius 2 is 1.89 bits per heavy atom. The van der Waals surface area contributed by atoms with E-state index < -0.39 is 34.7 Å². The van der Waals surface area contributed by atoms with Gasteiger partial charge < -0.3 is 0 Å². The Kier molecular flexibility index (Phi) is 3.63. The zero-order valence-corrected chi connectivity index (χ0v) is 12.2. The molecule has 0 heterocycles. The van der Waals surface area contributed by atoms with Crippen molar-refractivity contribution in [2.24, 2.45) is 5.92 Å². The fourth-order valence-electron chi connectivity index (χ4n) is 1.60. The Balaban J connectivity index is 2.36. The van der Waals surface area contributed by atoms with Crippen molar-refractivity contribution in [2.75, 3.05) is 0 Å². The van der Waals surface area contributed by atoms with Crippen LogP contribution in [-0.4, -0.2) is 22.9 Å². The molecule has 1 aromatic carbocycles. The summed E-state index contributed by atoms with van der Waals surface area (Å²) in [6, 6.07) is 2.24. The summed E-state index contributed by atoms with van der Waals surface area (Å²) in [6.45, 7) is 1.87. The molecule has 1 saturated carbocycles. The van der Waals surface area contributed by atoms with Crippen molar-refractivity contribution in [3.63, 3.8) is 0 Å². The number of hydrogen-bond acceptors (Lipinski definition) is 4. The van der Waals surface area contributed by atoms with Crippen LogP contribution < -0.4 is 4.72 Å². The Bertz CT molecular complexity index is 717. The van der Waals surface area contributed by atoms with Crippen molar-refractivity contribution < 1.29 is 21.2 Å². The summed E-state index contributed by atoms with van der Waals surface area (Å²) < 4.78 is 61.8. The minimum atomic E-state index is -4.09. The van der Waals surface area contributed by atoms with Crippen LogP contribution in [0.15, 0.2) is 28.0 Å². The first-order chi connectivity index (χ1) is 8.61. The van der Waals surface area contributed by atoms with Crippen LogP contribution >= 0.6 is 10.7 Å². The highest BCUT2D eigenvalue weighted by Gasteiger charge is 2.37. The predicted molar refractivity (Wildman–Crippen MR) is 67.3 cm³/mol. The van der Waals surface area contributed by atoms with Gasteiger partial charge in [-0.15, -0.1) is 0 Å². The van der Waals surface area contributed by atoms with Crippen molar-refractivity contribution in [3.8, 4) is 0 Å². The van der Waals surface area contributed by atoms with Gasteiger partial charge in [-0.25, -0.2) is 25.9 Å². The average Bonchev–Trinajstić information content (AvgIpc) is 2.91. The van der Waals surface area contributed by atoms with Gasteiger partial charge in [0.2, 0.25) is 10.0 Å². The first-order valence-electron chi connectivity index (χ1n) is 5.38. The van der Waals surface area contributed by atoms with Crippen LogP contribution in [0.5, 0.6) is 0 Å². The Hall–Kier alpha value is -0.700. The maximum atomic E-state index is 13.7. The van der Waals surface area contributed by atoms with Crippen LogP contribution in [0.1, 0.15) is 13.3 Å². The third kappa shape index (κ3) is 3.25. The van der Waals surface area contributed by atoms with Crippen LogP contribution in [-0.2, 0) is 19.1 Å². The Morgan fingerprint density at radius 3 is 2.32 bits per heavy atom. The summed E-state index contributed by atoms with van der Waals surface area (Å²) in [7, 11) is -3.02. The van der Waals surface area contributed by atoms with Gasteiger partial charge in [-0.3, -0.25) is 0 Å². The molecular formula is C10H11ClFNO4S2. The third-order valence-electron chi connectivity index (χ3n) is 2.89. The van der Waals surface area contributed by atoms with Gasteiger partial charge in [0.15, 0.2) is 0 Å². The van der Waals surface area contributed by atoms with Gasteiger partial charge in [0.05, 0.1) is 4.90 Å². The number of rotatable bonds is 4. The van der Waals surface area contributed by atoms with Gasteiger partial charge in [0.25, 0.3) is 9.05 Å². The van der Waals surface area contributed by atoms with Gasteiger partial charge in [-0.2, -0.15) is 0 Å². The molecule has 0 aromatic heterocycles. The standard InChI is InChI=1S/C10H11ClFNO4S2/c1-6-4-9(6)13-19(16,17)10-3-2-7(5-8(10)12)18(11,14)15/h2-3,5-6,9,13H,4H2,1H3. The smallest absolute Gasteiger partial charge is 0.208 e. The number of halogens is 2. The second-order valence-electron chi connectivity index (χ2n) is 4.47. The minimum absolute atomic E-state index is 0.194. The predicted octanol–water partition coefficient (Wildman–Crippen LogP) is 1.44. The van der Waals surface area contributed by atoms with E-state index in [4.69, 9.17) is 10.7 Å². The van der Waals surface area contributed by atoms with Crippen LogP contribution in [0, 0.1) is 11.7 Å². The average molecular weight is 328 g/mol. The van der Waals surface area contributed by atoms with E-state index >= 15 is 0 Å². The van der Waals surface area contributed by atoms with Gasteiger partial charge in [0, 0.05) is 16.7 Å². The molecule has 9 heteroatoms. The topological polar surface area (TPSA) is 80.3 Å². The summed E-state index contributed by atoms with van der Waals surface area (Å²) in [5, 5.41) is 0. The fraction of sp³-hybridized carbons (Fsp3) is 0.400. The summed E-state index contributed by atoms with van der Waals surface area (Å²) in [6.07, 6.45) is 0.703. The van der Waals surface area contributed by atoms with Crippen molar-refractivity contribution in [1.82, 2.24) is 4.72 Å². The largest absolute Gasteiger partial charge is 0.261 e. The molecule has 1 N–H and O–H groups in total. The van der Waals surface area contributed by atoms with Crippen molar-refractivity contribution >= 4 is 29.8 Å². The number of benzene rings is 1. The fourth-order valence-corrected chi connectivity index (χ4v) is 3.78. The van der Waals surface area contributed by atoms with Crippen LogP contribution in [0.25, 0.3) is 0 Å². The van der Waals surface area contributed by atoms with Crippen molar-refractivity contribution in [2.45, 2.75) is 29.2 Å². The lowest BCUT2D eigenvalue weighted by Gasteiger charge is -2.07. The first-order valence-corrected chi connectivity index (χ1v) is 9.17. The van der Waals surface area contributed by atoms with Crippen molar-refractivity contribution in [3.05, 3.63) is 24.0 Å². The van der Waals surface area contributed by atoms with Crippen LogP contribution in [0.2, 0.25) is 0 Å². The Labute approximate surface area is 115 Å². The van der Waals surface area contributed by atoms with Crippen molar-refractivity contribution in [1.29, 1.82) is 0 Å². The molecule has 0 radical (unpaired) electrons. The lowest BCUT2D eigenvalue weighted by atomic mass is 10.3.